The highest BCUT2D eigenvalue weighted by molar-refractivity contribution is 8.05. The summed E-state index contributed by atoms with van der Waals surface area (Å²) in [5, 5.41) is 17.3. The monoisotopic (exact) mass is 628 g/mol. The first-order valence-electron chi connectivity index (χ1n) is 13.1. The molecule has 0 fully saturated rings. The minimum absolute atomic E-state index is 0.0190. The Labute approximate surface area is 252 Å². The quantitative estimate of drug-likeness (QED) is 0.232. The van der Waals surface area contributed by atoms with Crippen LogP contribution in [-0.4, -0.2) is 60.0 Å². The highest BCUT2D eigenvalue weighted by atomic mass is 32.3. The van der Waals surface area contributed by atoms with Crippen LogP contribution < -0.4 is 0 Å². The fraction of sp³-hybridized carbons (Fsp3) is 0.0667. The number of hydrogen-bond donors (Lipinski definition) is 2. The van der Waals surface area contributed by atoms with E-state index in [1.807, 2.05) is 36.4 Å². The first kappa shape index (κ1) is 29.1. The van der Waals surface area contributed by atoms with Crippen LogP contribution >= 0.6 is 0 Å². The lowest BCUT2D eigenvalue weighted by atomic mass is 10.00. The summed E-state index contributed by atoms with van der Waals surface area (Å²) >= 11 is 0. The van der Waals surface area contributed by atoms with Crippen molar-refractivity contribution in [2.24, 2.45) is 0 Å². The molecule has 222 valence electrons. The maximum absolute atomic E-state index is 12.7. The molecule has 0 aliphatic heterocycles. The Morgan fingerprint density at radius 1 is 0.659 bits per heavy atom. The summed E-state index contributed by atoms with van der Waals surface area (Å²) in [5.41, 5.74) is 3.67. The van der Waals surface area contributed by atoms with Crippen molar-refractivity contribution >= 4 is 32.0 Å². The van der Waals surface area contributed by atoms with Gasteiger partial charge in [0.05, 0.1) is 23.8 Å². The van der Waals surface area contributed by atoms with Gasteiger partial charge in [-0.3, -0.25) is 9.11 Å². The van der Waals surface area contributed by atoms with E-state index in [2.05, 4.69) is 20.4 Å². The summed E-state index contributed by atoms with van der Waals surface area (Å²) < 4.78 is 68.3. The Hall–Kier alpha value is -5.02. The van der Waals surface area contributed by atoms with Gasteiger partial charge in [0, 0.05) is 17.5 Å². The SMILES string of the molecule is O=S(=O)(O)C1(S(=O)(=O)O)CC(n2ncc(-c3ccccc3)n2)=CC=C1C=Cc1ccc(-n2ncc(-c3ccccc3)n2)cc1. The summed E-state index contributed by atoms with van der Waals surface area (Å²) in [5.74, 6) is 0. The molecular formula is C30H24N6O6S2. The summed E-state index contributed by atoms with van der Waals surface area (Å²) in [7, 11) is -10.9. The first-order chi connectivity index (χ1) is 21.0. The Morgan fingerprint density at radius 2 is 1.18 bits per heavy atom. The van der Waals surface area contributed by atoms with Crippen LogP contribution in [0.4, 0.5) is 0 Å². The molecule has 0 amide bonds. The zero-order valence-corrected chi connectivity index (χ0v) is 24.4. The second-order valence-corrected chi connectivity index (χ2v) is 13.4. The van der Waals surface area contributed by atoms with Crippen molar-refractivity contribution in [3.63, 3.8) is 0 Å². The molecule has 1 aliphatic rings. The summed E-state index contributed by atoms with van der Waals surface area (Å²) in [6, 6.07) is 25.5. The van der Waals surface area contributed by atoms with Crippen molar-refractivity contribution in [3.05, 3.63) is 127 Å². The minimum atomic E-state index is -5.44. The molecular weight excluding hydrogens is 605 g/mol. The Balaban J connectivity index is 1.32. The van der Waals surface area contributed by atoms with E-state index in [4.69, 9.17) is 0 Å². The fourth-order valence-corrected chi connectivity index (χ4v) is 7.41. The molecule has 1 aliphatic carbocycles. The van der Waals surface area contributed by atoms with Crippen LogP contribution in [0.3, 0.4) is 0 Å². The Kier molecular flexibility index (Phi) is 7.43. The number of rotatable bonds is 8. The lowest BCUT2D eigenvalue weighted by Crippen LogP contribution is -2.48. The van der Waals surface area contributed by atoms with Gasteiger partial charge in [-0.15, -0.1) is 10.2 Å². The largest absolute Gasteiger partial charge is 0.292 e. The average molecular weight is 629 g/mol. The van der Waals surface area contributed by atoms with Gasteiger partial charge in [-0.25, -0.2) is 0 Å². The van der Waals surface area contributed by atoms with E-state index in [9.17, 15) is 25.9 Å². The lowest BCUT2D eigenvalue weighted by molar-refractivity contribution is 0.433. The van der Waals surface area contributed by atoms with Crippen LogP contribution in [0.25, 0.3) is 40.0 Å². The summed E-state index contributed by atoms with van der Waals surface area (Å²) in [4.78, 5) is 2.52. The summed E-state index contributed by atoms with van der Waals surface area (Å²) in [6.07, 6.45) is 7.53. The topological polar surface area (TPSA) is 170 Å². The van der Waals surface area contributed by atoms with Gasteiger partial charge in [0.15, 0.2) is 0 Å². The number of aromatic nitrogens is 6. The third-order valence-corrected chi connectivity index (χ3v) is 10.8. The van der Waals surface area contributed by atoms with Crippen LogP contribution in [0.1, 0.15) is 12.0 Å². The maximum atomic E-state index is 12.7. The van der Waals surface area contributed by atoms with Crippen LogP contribution in [0.15, 0.2) is 121 Å². The molecule has 0 bridgehead atoms. The maximum Gasteiger partial charge on any atom is 0.292 e. The van der Waals surface area contributed by atoms with E-state index in [1.165, 1.54) is 35.3 Å². The third-order valence-electron chi connectivity index (χ3n) is 7.10. The van der Waals surface area contributed by atoms with Crippen molar-refractivity contribution in [1.29, 1.82) is 0 Å². The molecule has 14 heteroatoms. The zero-order chi connectivity index (χ0) is 31.0. The standard InChI is InChI=1S/C30H24N6O6S2/c37-43(38,39)30(44(40,41)42)19-27(36-32-21-29(34-36)24-9-5-2-6-10-24)18-15-25(30)14-11-22-12-16-26(17-13-22)35-31-20-28(33-35)23-7-3-1-4-8-23/h1-18,20-21H,19H2,(H,37,38,39)(H,40,41,42). The molecule has 3 aromatic carbocycles. The van der Waals surface area contributed by atoms with Crippen molar-refractivity contribution in [1.82, 2.24) is 30.0 Å². The normalized spacial score (nSPS) is 15.2. The second kappa shape index (κ2) is 11.2. The van der Waals surface area contributed by atoms with Crippen molar-refractivity contribution in [2.75, 3.05) is 0 Å². The van der Waals surface area contributed by atoms with E-state index in [0.29, 0.717) is 22.6 Å². The van der Waals surface area contributed by atoms with Gasteiger partial charge in [0.25, 0.3) is 24.3 Å². The predicted molar refractivity (Wildman–Crippen MR) is 164 cm³/mol. The highest BCUT2D eigenvalue weighted by Gasteiger charge is 2.58. The van der Waals surface area contributed by atoms with Gasteiger partial charge in [0.2, 0.25) is 0 Å². The van der Waals surface area contributed by atoms with Crippen molar-refractivity contribution in [3.8, 4) is 28.2 Å². The molecule has 0 radical (unpaired) electrons. The number of benzene rings is 3. The highest BCUT2D eigenvalue weighted by Crippen LogP contribution is 2.42. The molecule has 2 N–H and O–H groups in total. The van der Waals surface area contributed by atoms with Crippen LogP contribution in [0.2, 0.25) is 0 Å². The summed E-state index contributed by atoms with van der Waals surface area (Å²) in [6.45, 7) is 0. The molecule has 5 aromatic rings. The van der Waals surface area contributed by atoms with E-state index >= 15 is 0 Å². The second-order valence-electron chi connectivity index (χ2n) is 9.86. The van der Waals surface area contributed by atoms with Crippen molar-refractivity contribution < 1.29 is 25.9 Å². The predicted octanol–water partition coefficient (Wildman–Crippen LogP) is 4.55. The first-order valence-corrected chi connectivity index (χ1v) is 16.0. The molecule has 12 nitrogen and oxygen atoms in total. The smallest absolute Gasteiger partial charge is 0.284 e. The van der Waals surface area contributed by atoms with Gasteiger partial charge in [-0.05, 0) is 29.3 Å². The third kappa shape index (κ3) is 5.42. The van der Waals surface area contributed by atoms with Crippen LogP contribution in [0, 0.1) is 0 Å². The molecule has 44 heavy (non-hydrogen) atoms. The Morgan fingerprint density at radius 3 is 1.73 bits per heavy atom. The molecule has 6 rings (SSSR count). The fourth-order valence-electron chi connectivity index (χ4n) is 4.82. The van der Waals surface area contributed by atoms with E-state index in [1.54, 1.807) is 54.7 Å². The molecule has 0 atom stereocenters. The van der Waals surface area contributed by atoms with Gasteiger partial charge >= 0.3 is 0 Å². The van der Waals surface area contributed by atoms with Gasteiger partial charge < -0.3 is 0 Å². The van der Waals surface area contributed by atoms with Crippen LogP contribution in [-0.2, 0) is 20.2 Å². The van der Waals surface area contributed by atoms with Crippen molar-refractivity contribution in [2.45, 2.75) is 10.5 Å². The number of hydrogen-bond acceptors (Lipinski definition) is 8. The molecule has 2 aromatic heterocycles. The number of allylic oxidation sites excluding steroid dienone is 4. The van der Waals surface area contributed by atoms with Crippen LogP contribution in [0.5, 0.6) is 0 Å². The Bertz CT molecular complexity index is 2100. The lowest BCUT2D eigenvalue weighted by Gasteiger charge is -2.31. The molecule has 0 spiro atoms. The minimum Gasteiger partial charge on any atom is -0.284 e. The van der Waals surface area contributed by atoms with Gasteiger partial charge in [0.1, 0.15) is 11.4 Å². The molecule has 0 unspecified atom stereocenters. The van der Waals surface area contributed by atoms with E-state index in [0.717, 1.165) is 15.9 Å². The molecule has 0 saturated carbocycles. The molecule has 2 heterocycles. The average Bonchev–Trinajstić information content (AvgIpc) is 3.71. The van der Waals surface area contributed by atoms with E-state index in [-0.39, 0.29) is 11.3 Å². The zero-order valence-electron chi connectivity index (χ0n) is 22.8. The van der Waals surface area contributed by atoms with Gasteiger partial charge in [-0.2, -0.15) is 36.6 Å². The van der Waals surface area contributed by atoms with E-state index < -0.39 is 30.7 Å². The number of nitrogens with zero attached hydrogens (tertiary/aromatic N) is 6. The molecule has 0 saturated heterocycles. The van der Waals surface area contributed by atoms with Gasteiger partial charge in [-0.1, -0.05) is 91.0 Å².